The van der Waals surface area contributed by atoms with Crippen molar-refractivity contribution in [1.82, 2.24) is 9.80 Å². The molecule has 194 valence electrons. The van der Waals surface area contributed by atoms with Crippen molar-refractivity contribution in [3.8, 4) is 11.1 Å². The quantitative estimate of drug-likeness (QED) is 0.245. The minimum atomic E-state index is 0.212. The molecule has 0 atom stereocenters. The molecule has 1 fully saturated rings. The lowest BCUT2D eigenvalue weighted by molar-refractivity contribution is -0.132. The maximum Gasteiger partial charge on any atom is 0.226 e. The molecule has 0 bridgehead atoms. The van der Waals surface area contributed by atoms with Crippen molar-refractivity contribution in [1.29, 1.82) is 0 Å². The van der Waals surface area contributed by atoms with Crippen LogP contribution in [0.5, 0.6) is 0 Å². The van der Waals surface area contributed by atoms with Crippen LogP contribution in [-0.2, 0) is 11.2 Å². The summed E-state index contributed by atoms with van der Waals surface area (Å²) in [6.45, 7) is 3.17. The van der Waals surface area contributed by atoms with E-state index in [9.17, 15) is 4.79 Å². The van der Waals surface area contributed by atoms with E-state index in [0.717, 1.165) is 44.5 Å². The lowest BCUT2D eigenvalue weighted by atomic mass is 9.88. The molecule has 0 saturated carbocycles. The highest BCUT2D eigenvalue weighted by Crippen LogP contribution is 2.29. The van der Waals surface area contributed by atoms with Crippen LogP contribution in [0.4, 0.5) is 0 Å². The zero-order chi connectivity index (χ0) is 26.2. The van der Waals surface area contributed by atoms with E-state index in [2.05, 4.69) is 114 Å². The molecule has 3 nitrogen and oxygen atoms in total. The molecule has 0 N–H and O–H groups in total. The number of piperidine rings is 1. The summed E-state index contributed by atoms with van der Waals surface area (Å²) in [5.41, 5.74) is 6.23. The second-order valence-electron chi connectivity index (χ2n) is 10.5. The zero-order valence-electron chi connectivity index (χ0n) is 22.4. The van der Waals surface area contributed by atoms with E-state index >= 15 is 0 Å². The molecule has 0 unspecified atom stereocenters. The van der Waals surface area contributed by atoms with E-state index in [4.69, 9.17) is 0 Å². The zero-order valence-corrected chi connectivity index (χ0v) is 22.4. The lowest BCUT2D eigenvalue weighted by Crippen LogP contribution is -2.46. The van der Waals surface area contributed by atoms with Crippen LogP contribution in [0.15, 0.2) is 115 Å². The van der Waals surface area contributed by atoms with Gasteiger partial charge in [-0.2, -0.15) is 0 Å². The van der Waals surface area contributed by atoms with Crippen molar-refractivity contribution < 1.29 is 4.79 Å². The number of rotatable bonds is 9. The molecule has 0 aliphatic carbocycles. The van der Waals surface area contributed by atoms with Crippen LogP contribution in [0.2, 0.25) is 0 Å². The predicted molar refractivity (Wildman–Crippen MR) is 157 cm³/mol. The summed E-state index contributed by atoms with van der Waals surface area (Å²) in [7, 11) is 1.99. The Labute approximate surface area is 227 Å². The van der Waals surface area contributed by atoms with Gasteiger partial charge in [0.05, 0.1) is 6.42 Å². The molecule has 0 aromatic heterocycles. The summed E-state index contributed by atoms with van der Waals surface area (Å²) in [6.07, 6.45) is 3.64. The normalized spacial score (nSPS) is 14.5. The van der Waals surface area contributed by atoms with Gasteiger partial charge in [-0.1, -0.05) is 115 Å². The Morgan fingerprint density at radius 2 is 1.24 bits per heavy atom. The number of hydrogen-bond donors (Lipinski definition) is 0. The van der Waals surface area contributed by atoms with Crippen LogP contribution in [0, 0.1) is 0 Å². The van der Waals surface area contributed by atoms with Gasteiger partial charge in [0, 0.05) is 32.1 Å². The molecule has 38 heavy (non-hydrogen) atoms. The summed E-state index contributed by atoms with van der Waals surface area (Å²) >= 11 is 0. The topological polar surface area (TPSA) is 23.6 Å². The Morgan fingerprint density at radius 1 is 0.737 bits per heavy atom. The molecular weight excluding hydrogens is 464 g/mol. The summed E-state index contributed by atoms with van der Waals surface area (Å²) in [4.78, 5) is 17.7. The predicted octanol–water partition coefficient (Wildman–Crippen LogP) is 7.04. The van der Waals surface area contributed by atoms with E-state index in [-0.39, 0.29) is 5.91 Å². The van der Waals surface area contributed by atoms with Crippen molar-refractivity contribution in [2.24, 2.45) is 0 Å². The fraction of sp³-hybridized carbons (Fsp3) is 0.286. The molecule has 1 amide bonds. The van der Waals surface area contributed by atoms with Gasteiger partial charge in [0.15, 0.2) is 0 Å². The van der Waals surface area contributed by atoms with Crippen molar-refractivity contribution >= 4 is 5.91 Å². The summed E-state index contributed by atoms with van der Waals surface area (Å²) < 4.78 is 0. The maximum absolute atomic E-state index is 13.1. The first kappa shape index (κ1) is 25.9. The maximum atomic E-state index is 13.1. The van der Waals surface area contributed by atoms with Crippen LogP contribution in [0.1, 0.15) is 41.9 Å². The third-order valence-electron chi connectivity index (χ3n) is 8.05. The SMILES string of the molecule is CN(C(=O)Cc1ccc(-c2ccccc2)cc1)C1CCN(CCC(c2ccccc2)c2ccccc2)CC1. The van der Waals surface area contributed by atoms with E-state index in [1.807, 2.05) is 18.0 Å². The molecular formula is C35H38N2O. The highest BCUT2D eigenvalue weighted by molar-refractivity contribution is 5.79. The third-order valence-corrected chi connectivity index (χ3v) is 8.05. The van der Waals surface area contributed by atoms with E-state index < -0.39 is 0 Å². The largest absolute Gasteiger partial charge is 0.342 e. The Hall–Kier alpha value is -3.69. The summed E-state index contributed by atoms with van der Waals surface area (Å²) in [5, 5.41) is 0. The number of benzene rings is 4. The number of likely N-dealkylation sites (tertiary alicyclic amines) is 1. The van der Waals surface area contributed by atoms with Crippen LogP contribution < -0.4 is 0 Å². The third kappa shape index (κ3) is 6.59. The van der Waals surface area contributed by atoms with E-state index in [1.165, 1.54) is 22.3 Å². The smallest absolute Gasteiger partial charge is 0.226 e. The van der Waals surface area contributed by atoms with Gasteiger partial charge >= 0.3 is 0 Å². The van der Waals surface area contributed by atoms with Gasteiger partial charge in [-0.05, 0) is 53.6 Å². The van der Waals surface area contributed by atoms with Gasteiger partial charge in [-0.3, -0.25) is 4.79 Å². The van der Waals surface area contributed by atoms with Crippen LogP contribution >= 0.6 is 0 Å². The monoisotopic (exact) mass is 502 g/mol. The van der Waals surface area contributed by atoms with Gasteiger partial charge in [0.2, 0.25) is 5.91 Å². The van der Waals surface area contributed by atoms with Crippen molar-refractivity contribution in [3.63, 3.8) is 0 Å². The average molecular weight is 503 g/mol. The van der Waals surface area contributed by atoms with Gasteiger partial charge in [-0.25, -0.2) is 0 Å². The minimum absolute atomic E-state index is 0.212. The highest BCUT2D eigenvalue weighted by atomic mass is 16.2. The van der Waals surface area contributed by atoms with Gasteiger partial charge < -0.3 is 9.80 Å². The number of carbonyl (C=O) groups is 1. The molecule has 0 radical (unpaired) electrons. The van der Waals surface area contributed by atoms with Gasteiger partial charge in [-0.15, -0.1) is 0 Å². The lowest BCUT2D eigenvalue weighted by Gasteiger charge is -2.37. The number of amides is 1. The van der Waals surface area contributed by atoms with E-state index in [1.54, 1.807) is 0 Å². The number of hydrogen-bond acceptors (Lipinski definition) is 2. The van der Waals surface area contributed by atoms with Crippen molar-refractivity contribution in [2.45, 2.75) is 37.6 Å². The molecule has 1 saturated heterocycles. The minimum Gasteiger partial charge on any atom is -0.342 e. The Bertz CT molecular complexity index is 1220. The molecule has 0 spiro atoms. The number of nitrogens with zero attached hydrogens (tertiary/aromatic N) is 2. The molecule has 1 aliphatic rings. The molecule has 5 rings (SSSR count). The first-order valence-corrected chi connectivity index (χ1v) is 13.9. The standard InChI is InChI=1S/C35H38N2O/c1-36(35(38)27-28-17-19-30(20-18-28)29-11-5-2-6-12-29)33-21-24-37(25-22-33)26-23-34(31-13-7-3-8-14-31)32-15-9-4-10-16-32/h2-20,33-34H,21-27H2,1H3. The summed E-state index contributed by atoms with van der Waals surface area (Å²) in [5.74, 6) is 0.622. The van der Waals surface area contributed by atoms with Gasteiger partial charge in [0.25, 0.3) is 0 Å². The Kier molecular flexibility index (Phi) is 8.67. The van der Waals surface area contributed by atoms with Crippen LogP contribution in [0.25, 0.3) is 11.1 Å². The molecule has 1 heterocycles. The average Bonchev–Trinajstić information content (AvgIpc) is 2.99. The number of likely N-dealkylation sites (N-methyl/N-ethyl adjacent to an activating group) is 1. The number of carbonyl (C=O) groups excluding carboxylic acids is 1. The Morgan fingerprint density at radius 3 is 1.79 bits per heavy atom. The van der Waals surface area contributed by atoms with Crippen molar-refractivity contribution in [2.75, 3.05) is 26.7 Å². The second-order valence-corrected chi connectivity index (χ2v) is 10.5. The van der Waals surface area contributed by atoms with E-state index in [0.29, 0.717) is 18.4 Å². The first-order chi connectivity index (χ1) is 18.7. The second kappa shape index (κ2) is 12.7. The molecule has 4 aromatic carbocycles. The van der Waals surface area contributed by atoms with Crippen LogP contribution in [0.3, 0.4) is 0 Å². The fourth-order valence-electron chi connectivity index (χ4n) is 5.69. The summed E-state index contributed by atoms with van der Waals surface area (Å²) in [6, 6.07) is 40.8. The molecule has 1 aliphatic heterocycles. The van der Waals surface area contributed by atoms with Gasteiger partial charge in [0.1, 0.15) is 0 Å². The van der Waals surface area contributed by atoms with Crippen LogP contribution in [-0.4, -0.2) is 48.4 Å². The highest BCUT2D eigenvalue weighted by Gasteiger charge is 2.26. The fourth-order valence-corrected chi connectivity index (χ4v) is 5.69. The molecule has 3 heteroatoms. The molecule has 4 aromatic rings. The first-order valence-electron chi connectivity index (χ1n) is 13.9. The Balaban J connectivity index is 1.11. The van der Waals surface area contributed by atoms with Crippen molar-refractivity contribution in [3.05, 3.63) is 132 Å².